The molecule has 0 aliphatic rings. The first-order valence-electron chi connectivity index (χ1n) is 5.60. The number of hydrogen-bond acceptors (Lipinski definition) is 4. The van der Waals surface area contributed by atoms with Crippen molar-refractivity contribution in [2.75, 3.05) is 0 Å². The molecule has 0 saturated heterocycles. The Kier molecular flexibility index (Phi) is 2.86. The molecule has 2 heterocycles. The number of benzene rings is 1. The van der Waals surface area contributed by atoms with Crippen molar-refractivity contribution in [3.63, 3.8) is 0 Å². The fourth-order valence-corrected chi connectivity index (χ4v) is 2.16. The lowest BCUT2D eigenvalue weighted by molar-refractivity contribution is 0.912. The van der Waals surface area contributed by atoms with Crippen LogP contribution < -0.4 is 0 Å². The molecule has 0 saturated carbocycles. The molecule has 3 aromatic rings. The number of fused-ring (bicyclic) bond motifs is 1. The molecule has 92 valence electrons. The average Bonchev–Trinajstić information content (AvgIpc) is 2.78. The van der Waals surface area contributed by atoms with Gasteiger partial charge in [0.2, 0.25) is 0 Å². The number of halogens is 1. The third-order valence-corrected chi connectivity index (χ3v) is 2.99. The monoisotopic (exact) mass is 269 g/mol. The number of aromatic nitrogens is 4. The number of rotatable bonds is 2. The molecule has 0 fully saturated rings. The first-order chi connectivity index (χ1) is 9.31. The van der Waals surface area contributed by atoms with Crippen LogP contribution in [0.3, 0.4) is 0 Å². The minimum atomic E-state index is 0.189. The van der Waals surface area contributed by atoms with Crippen molar-refractivity contribution in [1.29, 1.82) is 5.26 Å². The Morgan fingerprint density at radius 1 is 1.32 bits per heavy atom. The van der Waals surface area contributed by atoms with Gasteiger partial charge in [-0.15, -0.1) is 0 Å². The number of nitriles is 1. The van der Waals surface area contributed by atoms with E-state index in [0.717, 1.165) is 11.0 Å². The molecule has 3 rings (SSSR count). The molecular weight excluding hydrogens is 262 g/mol. The molecular formula is C13H8ClN5. The van der Waals surface area contributed by atoms with Crippen LogP contribution in [0.15, 0.2) is 36.8 Å². The van der Waals surface area contributed by atoms with Crippen LogP contribution in [0.1, 0.15) is 5.82 Å². The van der Waals surface area contributed by atoms with Gasteiger partial charge in [-0.05, 0) is 12.1 Å². The summed E-state index contributed by atoms with van der Waals surface area (Å²) in [5.74, 6) is 1.15. The van der Waals surface area contributed by atoms with Crippen LogP contribution in [0.25, 0.3) is 16.9 Å². The maximum Gasteiger partial charge on any atom is 0.160 e. The number of para-hydroxylation sites is 2. The second-order valence-corrected chi connectivity index (χ2v) is 4.29. The van der Waals surface area contributed by atoms with E-state index in [9.17, 15) is 0 Å². The van der Waals surface area contributed by atoms with Crippen LogP contribution in [0, 0.1) is 11.3 Å². The fraction of sp³-hybridized carbons (Fsp3) is 0.0769. The fourth-order valence-electron chi connectivity index (χ4n) is 1.97. The highest BCUT2D eigenvalue weighted by molar-refractivity contribution is 6.32. The Bertz CT molecular complexity index is 787. The molecule has 0 aliphatic heterocycles. The zero-order valence-electron chi connectivity index (χ0n) is 9.79. The quantitative estimate of drug-likeness (QED) is 0.717. The van der Waals surface area contributed by atoms with E-state index in [1.165, 1.54) is 12.5 Å². The summed E-state index contributed by atoms with van der Waals surface area (Å²) in [6.07, 6.45) is 3.13. The van der Waals surface area contributed by atoms with Gasteiger partial charge in [-0.1, -0.05) is 23.7 Å². The zero-order chi connectivity index (χ0) is 13.2. The van der Waals surface area contributed by atoms with Crippen molar-refractivity contribution in [1.82, 2.24) is 19.5 Å². The number of imidazole rings is 1. The largest absolute Gasteiger partial charge is 0.278 e. The summed E-state index contributed by atoms with van der Waals surface area (Å²) < 4.78 is 1.79. The summed E-state index contributed by atoms with van der Waals surface area (Å²) in [5.41, 5.74) is 1.68. The van der Waals surface area contributed by atoms with E-state index in [4.69, 9.17) is 16.9 Å². The van der Waals surface area contributed by atoms with Gasteiger partial charge in [-0.2, -0.15) is 5.26 Å². The van der Waals surface area contributed by atoms with E-state index in [1.54, 1.807) is 4.57 Å². The summed E-state index contributed by atoms with van der Waals surface area (Å²) in [6.45, 7) is 0. The summed E-state index contributed by atoms with van der Waals surface area (Å²) in [7, 11) is 0. The second-order valence-electron chi connectivity index (χ2n) is 3.88. The van der Waals surface area contributed by atoms with Gasteiger partial charge in [0, 0.05) is 0 Å². The second kappa shape index (κ2) is 4.67. The van der Waals surface area contributed by atoms with Crippen LogP contribution in [-0.4, -0.2) is 19.5 Å². The van der Waals surface area contributed by atoms with Crippen molar-refractivity contribution in [3.05, 3.63) is 47.6 Å². The first kappa shape index (κ1) is 11.6. The van der Waals surface area contributed by atoms with E-state index in [0.29, 0.717) is 16.7 Å². The minimum absolute atomic E-state index is 0.189. The molecule has 0 radical (unpaired) electrons. The number of nitrogens with zero attached hydrogens (tertiary/aromatic N) is 5. The Hall–Kier alpha value is -2.45. The number of hydrogen-bond donors (Lipinski definition) is 0. The normalized spacial score (nSPS) is 10.5. The van der Waals surface area contributed by atoms with Crippen LogP contribution in [0.2, 0.25) is 5.02 Å². The molecule has 19 heavy (non-hydrogen) atoms. The van der Waals surface area contributed by atoms with Gasteiger partial charge in [-0.3, -0.25) is 4.57 Å². The van der Waals surface area contributed by atoms with E-state index in [-0.39, 0.29) is 6.42 Å². The molecule has 0 amide bonds. The third-order valence-electron chi connectivity index (χ3n) is 2.73. The van der Waals surface area contributed by atoms with Crippen LogP contribution in [-0.2, 0) is 6.42 Å². The average molecular weight is 270 g/mol. The molecule has 0 unspecified atom stereocenters. The highest BCUT2D eigenvalue weighted by Crippen LogP contribution is 2.24. The lowest BCUT2D eigenvalue weighted by Crippen LogP contribution is -2.04. The van der Waals surface area contributed by atoms with E-state index >= 15 is 0 Å². The van der Waals surface area contributed by atoms with E-state index in [2.05, 4.69) is 21.0 Å². The van der Waals surface area contributed by atoms with Crippen LogP contribution in [0.4, 0.5) is 0 Å². The Morgan fingerprint density at radius 3 is 2.95 bits per heavy atom. The van der Waals surface area contributed by atoms with Crippen molar-refractivity contribution in [3.8, 4) is 11.9 Å². The topological polar surface area (TPSA) is 67.4 Å². The van der Waals surface area contributed by atoms with Gasteiger partial charge in [0.15, 0.2) is 5.82 Å². The molecule has 0 atom stereocenters. The molecule has 0 aliphatic carbocycles. The predicted molar refractivity (Wildman–Crippen MR) is 71.0 cm³/mol. The Balaban J connectivity index is 2.35. The van der Waals surface area contributed by atoms with Gasteiger partial charge in [0.25, 0.3) is 0 Å². The summed E-state index contributed by atoms with van der Waals surface area (Å²) in [4.78, 5) is 12.5. The van der Waals surface area contributed by atoms with Crippen molar-refractivity contribution < 1.29 is 0 Å². The van der Waals surface area contributed by atoms with Crippen molar-refractivity contribution in [2.45, 2.75) is 6.42 Å². The Morgan fingerprint density at radius 2 is 2.16 bits per heavy atom. The van der Waals surface area contributed by atoms with Gasteiger partial charge in [-0.25, -0.2) is 15.0 Å². The van der Waals surface area contributed by atoms with E-state index in [1.807, 2.05) is 24.3 Å². The zero-order valence-corrected chi connectivity index (χ0v) is 10.5. The van der Waals surface area contributed by atoms with Gasteiger partial charge in [0.1, 0.15) is 17.2 Å². The lowest BCUT2D eigenvalue weighted by atomic mass is 10.3. The summed E-state index contributed by atoms with van der Waals surface area (Å²) in [5, 5.41) is 9.34. The maximum absolute atomic E-state index is 8.92. The van der Waals surface area contributed by atoms with Crippen LogP contribution in [0.5, 0.6) is 0 Å². The predicted octanol–water partition coefficient (Wildman–Crippen LogP) is 2.53. The smallest absolute Gasteiger partial charge is 0.160 e. The molecule has 5 nitrogen and oxygen atoms in total. The van der Waals surface area contributed by atoms with Crippen molar-refractivity contribution >= 4 is 22.6 Å². The van der Waals surface area contributed by atoms with Gasteiger partial charge < -0.3 is 0 Å². The van der Waals surface area contributed by atoms with Crippen molar-refractivity contribution in [2.24, 2.45) is 0 Å². The molecule has 0 bridgehead atoms. The van der Waals surface area contributed by atoms with Gasteiger partial charge in [0.05, 0.1) is 29.7 Å². The molecule has 0 N–H and O–H groups in total. The minimum Gasteiger partial charge on any atom is -0.278 e. The highest BCUT2D eigenvalue weighted by atomic mass is 35.5. The molecule has 2 aromatic heterocycles. The highest BCUT2D eigenvalue weighted by Gasteiger charge is 2.15. The summed E-state index contributed by atoms with van der Waals surface area (Å²) >= 11 is 6.13. The Labute approximate surface area is 114 Å². The third kappa shape index (κ3) is 1.92. The molecule has 0 spiro atoms. The molecule has 6 heteroatoms. The first-order valence-corrected chi connectivity index (χ1v) is 5.98. The maximum atomic E-state index is 8.92. The SMILES string of the molecule is N#CCc1nc2ccccc2n1-c1ncncc1Cl. The standard InChI is InChI=1S/C13H8ClN5/c14-9-7-16-8-17-13(9)19-11-4-2-1-3-10(11)18-12(19)5-6-15/h1-4,7-8H,5H2. The van der Waals surface area contributed by atoms with Crippen LogP contribution >= 0.6 is 11.6 Å². The lowest BCUT2D eigenvalue weighted by Gasteiger charge is -2.07. The van der Waals surface area contributed by atoms with Gasteiger partial charge >= 0.3 is 0 Å². The van der Waals surface area contributed by atoms with E-state index < -0.39 is 0 Å². The summed E-state index contributed by atoms with van der Waals surface area (Å²) in [6, 6.07) is 9.72. The molecule has 1 aromatic carbocycles.